The summed E-state index contributed by atoms with van der Waals surface area (Å²) in [6.45, 7) is 2.04. The summed E-state index contributed by atoms with van der Waals surface area (Å²) in [7, 11) is 0. The second-order valence-corrected chi connectivity index (χ2v) is 9.77. The quantitative estimate of drug-likeness (QED) is 0.137. The van der Waals surface area contributed by atoms with Crippen LogP contribution in [0.4, 0.5) is 10.8 Å². The Morgan fingerprint density at radius 3 is 2.49 bits per heavy atom. The molecule has 0 saturated heterocycles. The molecular weight excluding hydrogens is 536 g/mol. The lowest BCUT2D eigenvalue weighted by atomic mass is 10.1. The summed E-state index contributed by atoms with van der Waals surface area (Å²) < 4.78 is 5.69. The molecule has 0 fully saturated rings. The molecule has 0 aliphatic carbocycles. The van der Waals surface area contributed by atoms with Crippen LogP contribution in [-0.4, -0.2) is 28.2 Å². The van der Waals surface area contributed by atoms with Gasteiger partial charge >= 0.3 is 5.97 Å². The third-order valence-electron chi connectivity index (χ3n) is 5.72. The molecule has 2 aromatic heterocycles. The molecule has 1 amide bonds. The molecule has 0 radical (unpaired) electrons. The molecule has 3 N–H and O–H groups in total. The Morgan fingerprint density at radius 2 is 1.74 bits per heavy atom. The minimum Gasteiger partial charge on any atom is -0.478 e. The maximum Gasteiger partial charge on any atom is 0.337 e. The van der Waals surface area contributed by atoms with E-state index in [1.165, 1.54) is 35.2 Å². The molecule has 5 aromatic rings. The highest BCUT2D eigenvalue weighted by molar-refractivity contribution is 7.14. The molecule has 194 valence electrons. The van der Waals surface area contributed by atoms with Gasteiger partial charge in [0.15, 0.2) is 5.13 Å². The molecule has 0 bridgehead atoms. The normalized spacial score (nSPS) is 11.0. The van der Waals surface area contributed by atoms with Crippen LogP contribution in [-0.2, 0) is 0 Å². The summed E-state index contributed by atoms with van der Waals surface area (Å²) in [5, 5.41) is 19.4. The summed E-state index contributed by atoms with van der Waals surface area (Å²) >= 11 is 7.43. The second-order valence-electron chi connectivity index (χ2n) is 8.51. The molecule has 0 spiro atoms. The van der Waals surface area contributed by atoms with E-state index in [9.17, 15) is 14.7 Å². The first-order valence-corrected chi connectivity index (χ1v) is 13.0. The van der Waals surface area contributed by atoms with Crippen molar-refractivity contribution in [3.8, 4) is 22.6 Å². The zero-order valence-electron chi connectivity index (χ0n) is 20.5. The van der Waals surface area contributed by atoms with E-state index in [0.717, 1.165) is 22.1 Å². The number of carboxylic acid groups (broad SMARTS) is 1. The number of nitrogens with one attached hydrogen (secondary N) is 2. The van der Waals surface area contributed by atoms with E-state index in [0.29, 0.717) is 22.6 Å². The van der Waals surface area contributed by atoms with E-state index in [1.54, 1.807) is 30.3 Å². The van der Waals surface area contributed by atoms with Crippen molar-refractivity contribution in [3.63, 3.8) is 0 Å². The lowest BCUT2D eigenvalue weighted by Crippen LogP contribution is -2.17. The summed E-state index contributed by atoms with van der Waals surface area (Å²) in [6.07, 6.45) is 1.36. The fourth-order valence-electron chi connectivity index (χ4n) is 3.66. The van der Waals surface area contributed by atoms with Crippen molar-refractivity contribution in [2.45, 2.75) is 6.92 Å². The summed E-state index contributed by atoms with van der Waals surface area (Å²) in [6, 6.07) is 23.1. The Kier molecular flexibility index (Phi) is 7.53. The van der Waals surface area contributed by atoms with Crippen LogP contribution in [0.2, 0.25) is 5.02 Å². The number of benzene rings is 3. The van der Waals surface area contributed by atoms with Crippen LogP contribution in [0, 0.1) is 6.92 Å². The number of hydrazone groups is 1. The Bertz CT molecular complexity index is 1670. The van der Waals surface area contributed by atoms with Gasteiger partial charge in [-0.15, -0.1) is 11.3 Å². The molecule has 39 heavy (non-hydrogen) atoms. The minimum absolute atomic E-state index is 0.0202. The summed E-state index contributed by atoms with van der Waals surface area (Å²) in [4.78, 5) is 28.5. The van der Waals surface area contributed by atoms with Crippen LogP contribution in [0.1, 0.15) is 32.0 Å². The predicted octanol–water partition coefficient (Wildman–Crippen LogP) is 7.24. The third-order valence-corrected chi connectivity index (χ3v) is 6.80. The van der Waals surface area contributed by atoms with Gasteiger partial charge in [-0.1, -0.05) is 41.4 Å². The van der Waals surface area contributed by atoms with Gasteiger partial charge in [0, 0.05) is 27.8 Å². The van der Waals surface area contributed by atoms with Gasteiger partial charge in [0.25, 0.3) is 5.91 Å². The van der Waals surface area contributed by atoms with E-state index in [2.05, 4.69) is 20.8 Å². The fraction of sp³-hybridized carbons (Fsp3) is 0.0345. The molecule has 0 aliphatic rings. The topological polar surface area (TPSA) is 117 Å². The second kappa shape index (κ2) is 11.3. The standard InChI is InChI=1S/C29H21ClN4O4S/c1-17-2-9-21(10-3-17)32-29-33-25(16-39-29)18-4-6-19(7-5-18)27(35)34-31-15-22-11-13-26(38-22)20-8-12-24(30)23(14-20)28(36)37/h2-16H,1H3,(H,32,33)(H,34,35)(H,36,37)/b31-15-. The number of carbonyl (C=O) groups excluding carboxylic acids is 1. The minimum atomic E-state index is -1.13. The largest absolute Gasteiger partial charge is 0.478 e. The zero-order chi connectivity index (χ0) is 27.4. The van der Waals surface area contributed by atoms with Gasteiger partial charge in [0.05, 0.1) is 22.5 Å². The number of carbonyl (C=O) groups is 2. The lowest BCUT2D eigenvalue weighted by Gasteiger charge is -2.03. The van der Waals surface area contributed by atoms with E-state index in [4.69, 9.17) is 16.0 Å². The molecule has 0 atom stereocenters. The molecule has 0 saturated carbocycles. The number of aromatic carboxylic acids is 1. The molecular formula is C29H21ClN4O4S. The molecule has 0 aliphatic heterocycles. The Morgan fingerprint density at radius 1 is 1.00 bits per heavy atom. The highest BCUT2D eigenvalue weighted by Crippen LogP contribution is 2.28. The summed E-state index contributed by atoms with van der Waals surface area (Å²) in [5.74, 6) is -0.686. The SMILES string of the molecule is Cc1ccc(Nc2nc(-c3ccc(C(=O)N/N=C\c4ccc(-c5ccc(Cl)c(C(=O)O)c5)o4)cc3)cs2)cc1. The van der Waals surface area contributed by atoms with Crippen molar-refractivity contribution in [2.24, 2.45) is 5.10 Å². The van der Waals surface area contributed by atoms with Crippen molar-refractivity contribution in [1.29, 1.82) is 0 Å². The number of amides is 1. The molecule has 5 rings (SSSR count). The number of halogens is 1. The van der Waals surface area contributed by atoms with Gasteiger partial charge in [0.2, 0.25) is 0 Å². The van der Waals surface area contributed by atoms with E-state index < -0.39 is 5.97 Å². The molecule has 0 unspecified atom stereocenters. The van der Waals surface area contributed by atoms with Crippen molar-refractivity contribution in [1.82, 2.24) is 10.4 Å². The van der Waals surface area contributed by atoms with Crippen LogP contribution < -0.4 is 10.7 Å². The van der Waals surface area contributed by atoms with Crippen LogP contribution in [0.5, 0.6) is 0 Å². The van der Waals surface area contributed by atoms with Crippen molar-refractivity contribution in [3.05, 3.63) is 112 Å². The Hall–Kier alpha value is -4.73. The van der Waals surface area contributed by atoms with Gasteiger partial charge < -0.3 is 14.8 Å². The van der Waals surface area contributed by atoms with Gasteiger partial charge in [-0.3, -0.25) is 4.79 Å². The fourth-order valence-corrected chi connectivity index (χ4v) is 4.59. The van der Waals surface area contributed by atoms with E-state index in [-0.39, 0.29) is 16.5 Å². The number of hydrogen-bond acceptors (Lipinski definition) is 7. The molecule has 3 aromatic carbocycles. The first-order chi connectivity index (χ1) is 18.9. The van der Waals surface area contributed by atoms with Crippen LogP contribution in [0.25, 0.3) is 22.6 Å². The number of thiazole rings is 1. The van der Waals surface area contributed by atoms with Crippen LogP contribution >= 0.6 is 22.9 Å². The van der Waals surface area contributed by atoms with E-state index >= 15 is 0 Å². The number of aryl methyl sites for hydroxylation is 1. The maximum atomic E-state index is 12.5. The zero-order valence-corrected chi connectivity index (χ0v) is 22.1. The van der Waals surface area contributed by atoms with Gasteiger partial charge in [0.1, 0.15) is 11.5 Å². The van der Waals surface area contributed by atoms with Crippen LogP contribution in [0.3, 0.4) is 0 Å². The first-order valence-electron chi connectivity index (χ1n) is 11.7. The monoisotopic (exact) mass is 556 g/mol. The molecule has 10 heteroatoms. The van der Waals surface area contributed by atoms with E-state index in [1.807, 2.05) is 48.7 Å². The van der Waals surface area contributed by atoms with Gasteiger partial charge in [-0.05, 0) is 61.5 Å². The smallest absolute Gasteiger partial charge is 0.337 e. The number of anilines is 2. The lowest BCUT2D eigenvalue weighted by molar-refractivity contribution is 0.0697. The number of rotatable bonds is 8. The number of nitrogens with zero attached hydrogens (tertiary/aromatic N) is 2. The van der Waals surface area contributed by atoms with Gasteiger partial charge in [-0.2, -0.15) is 5.10 Å². The first kappa shape index (κ1) is 25.9. The van der Waals surface area contributed by atoms with Crippen LogP contribution in [0.15, 0.2) is 93.8 Å². The average molecular weight is 557 g/mol. The number of furan rings is 1. The summed E-state index contributed by atoms with van der Waals surface area (Å²) in [5.41, 5.74) is 7.30. The molecule has 8 nitrogen and oxygen atoms in total. The van der Waals surface area contributed by atoms with Crippen molar-refractivity contribution < 1.29 is 19.1 Å². The molecule has 2 heterocycles. The maximum absolute atomic E-state index is 12.5. The number of carboxylic acids is 1. The third kappa shape index (κ3) is 6.23. The average Bonchev–Trinajstić information content (AvgIpc) is 3.60. The number of aromatic nitrogens is 1. The Balaban J connectivity index is 1.19. The highest BCUT2D eigenvalue weighted by Gasteiger charge is 2.13. The predicted molar refractivity (Wildman–Crippen MR) is 153 cm³/mol. The highest BCUT2D eigenvalue weighted by atomic mass is 35.5. The number of hydrogen-bond donors (Lipinski definition) is 3. The van der Waals surface area contributed by atoms with Crippen molar-refractivity contribution >= 4 is 51.8 Å². The Labute approximate surface area is 232 Å². The van der Waals surface area contributed by atoms with Gasteiger partial charge in [-0.25, -0.2) is 15.2 Å². The van der Waals surface area contributed by atoms with Crippen molar-refractivity contribution in [2.75, 3.05) is 5.32 Å².